The zero-order valence-electron chi connectivity index (χ0n) is 15.5. The number of nitrogens with zero attached hydrogens (tertiary/aromatic N) is 3. The fraction of sp³-hybridized carbons (Fsp3) is 0.273. The van der Waals surface area contributed by atoms with Gasteiger partial charge in [-0.2, -0.15) is 0 Å². The van der Waals surface area contributed by atoms with Gasteiger partial charge in [-0.25, -0.2) is 4.98 Å². The number of amides is 1. The third-order valence-corrected chi connectivity index (χ3v) is 5.77. The standard InChI is InChI=1S/C22H23N3OS/c1-17-7-9-19(10-8-17)22(26)25-13-11-24(12-14-25)15-21-23-20(16-27-21)18-5-3-2-4-6-18/h2-10,16H,11-15H2,1H3. The van der Waals surface area contributed by atoms with Gasteiger partial charge in [0.1, 0.15) is 5.01 Å². The van der Waals surface area contributed by atoms with Crippen LogP contribution in [0.25, 0.3) is 11.3 Å². The first-order chi connectivity index (χ1) is 13.2. The van der Waals surface area contributed by atoms with E-state index in [1.54, 1.807) is 11.3 Å². The van der Waals surface area contributed by atoms with Gasteiger partial charge in [0.15, 0.2) is 0 Å². The predicted molar refractivity (Wildman–Crippen MR) is 110 cm³/mol. The fourth-order valence-electron chi connectivity index (χ4n) is 3.30. The summed E-state index contributed by atoms with van der Waals surface area (Å²) in [5, 5.41) is 3.26. The normalized spacial score (nSPS) is 15.1. The van der Waals surface area contributed by atoms with E-state index in [9.17, 15) is 4.79 Å². The minimum absolute atomic E-state index is 0.135. The van der Waals surface area contributed by atoms with Crippen LogP contribution in [0.1, 0.15) is 20.9 Å². The van der Waals surface area contributed by atoms with Crippen LogP contribution >= 0.6 is 11.3 Å². The Morgan fingerprint density at radius 2 is 1.70 bits per heavy atom. The van der Waals surface area contributed by atoms with Gasteiger partial charge >= 0.3 is 0 Å². The molecule has 1 aromatic heterocycles. The van der Waals surface area contributed by atoms with Crippen molar-refractivity contribution in [2.75, 3.05) is 26.2 Å². The molecule has 0 aliphatic carbocycles. The second-order valence-corrected chi connectivity index (χ2v) is 7.87. The summed E-state index contributed by atoms with van der Waals surface area (Å²) in [5.41, 5.74) is 4.16. The molecular weight excluding hydrogens is 354 g/mol. The van der Waals surface area contributed by atoms with E-state index < -0.39 is 0 Å². The van der Waals surface area contributed by atoms with E-state index >= 15 is 0 Å². The van der Waals surface area contributed by atoms with Gasteiger partial charge in [0.05, 0.1) is 12.2 Å². The molecule has 2 heterocycles. The molecule has 0 unspecified atom stereocenters. The third kappa shape index (κ3) is 4.26. The van der Waals surface area contributed by atoms with Crippen molar-refractivity contribution in [1.29, 1.82) is 0 Å². The van der Waals surface area contributed by atoms with Gasteiger partial charge in [-0.1, -0.05) is 48.0 Å². The maximum atomic E-state index is 12.6. The van der Waals surface area contributed by atoms with E-state index in [0.717, 1.165) is 54.6 Å². The van der Waals surface area contributed by atoms with Crippen molar-refractivity contribution in [3.05, 3.63) is 76.1 Å². The number of hydrogen-bond acceptors (Lipinski definition) is 4. The lowest BCUT2D eigenvalue weighted by molar-refractivity contribution is 0.0628. The van der Waals surface area contributed by atoms with Crippen molar-refractivity contribution in [2.24, 2.45) is 0 Å². The Morgan fingerprint density at radius 3 is 2.41 bits per heavy atom. The number of benzene rings is 2. The monoisotopic (exact) mass is 377 g/mol. The summed E-state index contributed by atoms with van der Waals surface area (Å²) in [6, 6.07) is 18.1. The number of carbonyl (C=O) groups excluding carboxylic acids is 1. The number of aromatic nitrogens is 1. The molecule has 2 aromatic carbocycles. The Kier molecular flexibility index (Phi) is 5.32. The first-order valence-electron chi connectivity index (χ1n) is 9.27. The zero-order valence-corrected chi connectivity index (χ0v) is 16.3. The van der Waals surface area contributed by atoms with E-state index in [1.807, 2.05) is 54.3 Å². The molecule has 1 amide bonds. The predicted octanol–water partition coefficient (Wildman–Crippen LogP) is 4.08. The first kappa shape index (κ1) is 17.9. The molecule has 138 valence electrons. The molecule has 0 saturated carbocycles. The summed E-state index contributed by atoms with van der Waals surface area (Å²) in [7, 11) is 0. The summed E-state index contributed by atoms with van der Waals surface area (Å²) in [5.74, 6) is 0.135. The fourth-order valence-corrected chi connectivity index (χ4v) is 4.15. The highest BCUT2D eigenvalue weighted by Gasteiger charge is 2.22. The lowest BCUT2D eigenvalue weighted by atomic mass is 10.1. The molecule has 1 aliphatic heterocycles. The highest BCUT2D eigenvalue weighted by atomic mass is 32.1. The van der Waals surface area contributed by atoms with Crippen LogP contribution in [0.3, 0.4) is 0 Å². The van der Waals surface area contributed by atoms with Crippen LogP contribution in [0, 0.1) is 6.92 Å². The molecule has 4 nitrogen and oxygen atoms in total. The second-order valence-electron chi connectivity index (χ2n) is 6.93. The minimum atomic E-state index is 0.135. The number of hydrogen-bond donors (Lipinski definition) is 0. The molecule has 1 saturated heterocycles. The SMILES string of the molecule is Cc1ccc(C(=O)N2CCN(Cc3nc(-c4ccccc4)cs3)CC2)cc1. The highest BCUT2D eigenvalue weighted by molar-refractivity contribution is 7.09. The van der Waals surface area contributed by atoms with Gasteiger partial charge in [0.2, 0.25) is 0 Å². The van der Waals surface area contributed by atoms with Crippen molar-refractivity contribution < 1.29 is 4.79 Å². The van der Waals surface area contributed by atoms with Gasteiger partial charge in [0, 0.05) is 42.7 Å². The molecule has 1 fully saturated rings. The molecular formula is C22H23N3OS. The van der Waals surface area contributed by atoms with Crippen LogP contribution in [0.15, 0.2) is 60.0 Å². The quantitative estimate of drug-likeness (QED) is 0.687. The van der Waals surface area contributed by atoms with Crippen molar-refractivity contribution in [1.82, 2.24) is 14.8 Å². The Morgan fingerprint density at radius 1 is 1.00 bits per heavy atom. The molecule has 4 rings (SSSR count). The summed E-state index contributed by atoms with van der Waals surface area (Å²) in [6.45, 7) is 6.20. The molecule has 5 heteroatoms. The van der Waals surface area contributed by atoms with E-state index in [4.69, 9.17) is 4.98 Å². The number of thiazole rings is 1. The summed E-state index contributed by atoms with van der Waals surface area (Å²) < 4.78 is 0. The van der Waals surface area contributed by atoms with Gasteiger partial charge < -0.3 is 4.90 Å². The number of piperazine rings is 1. The van der Waals surface area contributed by atoms with Gasteiger partial charge in [0.25, 0.3) is 5.91 Å². The van der Waals surface area contributed by atoms with Crippen molar-refractivity contribution >= 4 is 17.2 Å². The van der Waals surface area contributed by atoms with E-state index in [0.29, 0.717) is 0 Å². The van der Waals surface area contributed by atoms with Crippen molar-refractivity contribution in [2.45, 2.75) is 13.5 Å². The van der Waals surface area contributed by atoms with Crippen LogP contribution in [0.2, 0.25) is 0 Å². The Balaban J connectivity index is 1.33. The largest absolute Gasteiger partial charge is 0.336 e. The number of rotatable bonds is 4. The summed E-state index contributed by atoms with van der Waals surface area (Å²) >= 11 is 1.71. The van der Waals surface area contributed by atoms with Crippen molar-refractivity contribution in [3.63, 3.8) is 0 Å². The molecule has 0 N–H and O–H groups in total. The number of aryl methyl sites for hydroxylation is 1. The van der Waals surface area contributed by atoms with Crippen LogP contribution in [0.4, 0.5) is 0 Å². The number of carbonyl (C=O) groups is 1. The van der Waals surface area contributed by atoms with E-state index in [1.165, 1.54) is 5.56 Å². The average molecular weight is 378 g/mol. The summed E-state index contributed by atoms with van der Waals surface area (Å²) in [6.07, 6.45) is 0. The maximum Gasteiger partial charge on any atom is 0.253 e. The van der Waals surface area contributed by atoms with E-state index in [2.05, 4.69) is 22.4 Å². The van der Waals surface area contributed by atoms with Gasteiger partial charge in [-0.15, -0.1) is 11.3 Å². The van der Waals surface area contributed by atoms with Gasteiger partial charge in [-0.3, -0.25) is 9.69 Å². The molecule has 0 spiro atoms. The Hall–Kier alpha value is -2.50. The van der Waals surface area contributed by atoms with Gasteiger partial charge in [-0.05, 0) is 19.1 Å². The molecule has 27 heavy (non-hydrogen) atoms. The van der Waals surface area contributed by atoms with Crippen LogP contribution in [0.5, 0.6) is 0 Å². The average Bonchev–Trinajstić information content (AvgIpc) is 3.18. The topological polar surface area (TPSA) is 36.4 Å². The second kappa shape index (κ2) is 8.03. The molecule has 1 aliphatic rings. The smallest absolute Gasteiger partial charge is 0.253 e. The first-order valence-corrected chi connectivity index (χ1v) is 10.1. The molecule has 3 aromatic rings. The maximum absolute atomic E-state index is 12.6. The Labute approximate surface area is 164 Å². The molecule has 0 radical (unpaired) electrons. The van der Waals surface area contributed by atoms with Crippen LogP contribution in [-0.4, -0.2) is 46.9 Å². The summed E-state index contributed by atoms with van der Waals surface area (Å²) in [4.78, 5) is 21.8. The van der Waals surface area contributed by atoms with Crippen LogP contribution in [-0.2, 0) is 6.54 Å². The minimum Gasteiger partial charge on any atom is -0.336 e. The highest BCUT2D eigenvalue weighted by Crippen LogP contribution is 2.23. The zero-order chi connectivity index (χ0) is 18.6. The van der Waals surface area contributed by atoms with Crippen molar-refractivity contribution in [3.8, 4) is 11.3 Å². The van der Waals surface area contributed by atoms with Crippen LogP contribution < -0.4 is 0 Å². The molecule has 0 atom stereocenters. The molecule has 0 bridgehead atoms. The lowest BCUT2D eigenvalue weighted by Gasteiger charge is -2.34. The lowest BCUT2D eigenvalue weighted by Crippen LogP contribution is -2.48. The van der Waals surface area contributed by atoms with E-state index in [-0.39, 0.29) is 5.91 Å². The Bertz CT molecular complexity index is 897. The third-order valence-electron chi connectivity index (χ3n) is 4.94.